The number of pyridine rings is 1. The average Bonchev–Trinajstić information content (AvgIpc) is 2.67. The minimum Gasteiger partial charge on any atom is -0.497 e. The Hall–Kier alpha value is -3.07. The van der Waals surface area contributed by atoms with E-state index in [1.165, 1.54) is 0 Å². The molecule has 0 bridgehead atoms. The van der Waals surface area contributed by atoms with E-state index in [9.17, 15) is 0 Å². The molecule has 0 fully saturated rings. The molecule has 24 heavy (non-hydrogen) atoms. The predicted molar refractivity (Wildman–Crippen MR) is 98.1 cm³/mol. The number of nitrogens with zero attached hydrogens (tertiary/aromatic N) is 1. The van der Waals surface area contributed by atoms with E-state index in [4.69, 9.17) is 9.47 Å². The Morgan fingerprint density at radius 3 is 2.00 bits per heavy atom. The minimum absolute atomic E-state index is 0.777. The summed E-state index contributed by atoms with van der Waals surface area (Å²) in [6.07, 6.45) is 5.91. The molecule has 0 spiro atoms. The summed E-state index contributed by atoms with van der Waals surface area (Å²) in [7, 11) is 3.30. The fraction of sp³-hybridized carbons (Fsp3) is 0.0952. The predicted octanol–water partition coefficient (Wildman–Crippen LogP) is 4.94. The molecule has 3 rings (SSSR count). The van der Waals surface area contributed by atoms with E-state index in [1.807, 2.05) is 42.5 Å². The molecule has 3 heteroatoms. The fourth-order valence-corrected chi connectivity index (χ4v) is 2.42. The molecule has 0 unspecified atom stereocenters. The number of ether oxygens (including phenoxy) is 2. The SMILES string of the molecule is COc1cc(/C=C/c2ccc(-c3ccccn3)cc2)cc(OC)c1. The Labute approximate surface area is 142 Å². The van der Waals surface area contributed by atoms with Crippen molar-refractivity contribution >= 4 is 12.2 Å². The van der Waals surface area contributed by atoms with E-state index >= 15 is 0 Å². The highest BCUT2D eigenvalue weighted by atomic mass is 16.5. The second-order valence-electron chi connectivity index (χ2n) is 5.32. The molecule has 0 aliphatic carbocycles. The van der Waals surface area contributed by atoms with Gasteiger partial charge in [0, 0.05) is 17.8 Å². The van der Waals surface area contributed by atoms with Crippen molar-refractivity contribution < 1.29 is 9.47 Å². The molecular formula is C21H19NO2. The summed E-state index contributed by atoms with van der Waals surface area (Å²) in [5.41, 5.74) is 4.23. The highest BCUT2D eigenvalue weighted by Crippen LogP contribution is 2.24. The van der Waals surface area contributed by atoms with Crippen LogP contribution in [0.25, 0.3) is 23.4 Å². The summed E-state index contributed by atoms with van der Waals surface area (Å²) in [6, 6.07) is 20.0. The average molecular weight is 317 g/mol. The molecule has 120 valence electrons. The monoisotopic (exact) mass is 317 g/mol. The molecule has 0 saturated heterocycles. The van der Waals surface area contributed by atoms with Gasteiger partial charge in [-0.1, -0.05) is 42.5 Å². The van der Waals surface area contributed by atoms with Gasteiger partial charge in [0.05, 0.1) is 19.9 Å². The number of hydrogen-bond acceptors (Lipinski definition) is 3. The quantitative estimate of drug-likeness (QED) is 0.625. The molecule has 0 saturated carbocycles. The lowest BCUT2D eigenvalue weighted by molar-refractivity contribution is 0.394. The molecular weight excluding hydrogens is 298 g/mol. The lowest BCUT2D eigenvalue weighted by Gasteiger charge is -2.06. The van der Waals surface area contributed by atoms with E-state index in [1.54, 1.807) is 20.4 Å². The lowest BCUT2D eigenvalue weighted by Crippen LogP contribution is -1.88. The maximum Gasteiger partial charge on any atom is 0.123 e. The molecule has 0 amide bonds. The smallest absolute Gasteiger partial charge is 0.123 e. The molecule has 0 aliphatic heterocycles. The van der Waals surface area contributed by atoms with E-state index in [0.717, 1.165) is 33.9 Å². The first-order valence-electron chi connectivity index (χ1n) is 7.71. The van der Waals surface area contributed by atoms with Gasteiger partial charge in [-0.15, -0.1) is 0 Å². The summed E-state index contributed by atoms with van der Waals surface area (Å²) in [4.78, 5) is 4.36. The Balaban J connectivity index is 1.80. The number of hydrogen-bond donors (Lipinski definition) is 0. The molecule has 2 aromatic carbocycles. The van der Waals surface area contributed by atoms with Crippen LogP contribution in [-0.2, 0) is 0 Å². The van der Waals surface area contributed by atoms with Crippen molar-refractivity contribution in [3.8, 4) is 22.8 Å². The van der Waals surface area contributed by atoms with Gasteiger partial charge < -0.3 is 9.47 Å². The third-order valence-corrected chi connectivity index (χ3v) is 3.71. The third-order valence-electron chi connectivity index (χ3n) is 3.71. The van der Waals surface area contributed by atoms with Gasteiger partial charge in [-0.2, -0.15) is 0 Å². The van der Waals surface area contributed by atoms with Crippen LogP contribution in [-0.4, -0.2) is 19.2 Å². The normalized spacial score (nSPS) is 10.8. The second-order valence-corrected chi connectivity index (χ2v) is 5.32. The first-order valence-corrected chi connectivity index (χ1v) is 7.71. The van der Waals surface area contributed by atoms with Crippen molar-refractivity contribution in [3.63, 3.8) is 0 Å². The van der Waals surface area contributed by atoms with Crippen LogP contribution in [0.1, 0.15) is 11.1 Å². The standard InChI is InChI=1S/C21H19NO2/c1-23-19-13-17(14-20(15-19)24-2)7-6-16-8-10-18(11-9-16)21-5-3-4-12-22-21/h3-15H,1-2H3/b7-6+. The van der Waals surface area contributed by atoms with Crippen molar-refractivity contribution in [2.75, 3.05) is 14.2 Å². The first kappa shape index (κ1) is 15.8. The molecule has 1 heterocycles. The molecule has 0 aliphatic rings. The third kappa shape index (κ3) is 3.82. The zero-order valence-electron chi connectivity index (χ0n) is 13.8. The summed E-state index contributed by atoms with van der Waals surface area (Å²) in [5.74, 6) is 1.55. The number of aromatic nitrogens is 1. The first-order chi connectivity index (χ1) is 11.8. The maximum absolute atomic E-state index is 5.29. The summed E-state index contributed by atoms with van der Waals surface area (Å²) in [5, 5.41) is 0. The summed E-state index contributed by atoms with van der Waals surface area (Å²) >= 11 is 0. The van der Waals surface area contributed by atoms with Crippen molar-refractivity contribution in [2.45, 2.75) is 0 Å². The topological polar surface area (TPSA) is 31.4 Å². The molecule has 3 nitrogen and oxygen atoms in total. The maximum atomic E-state index is 5.29. The Kier molecular flexibility index (Phi) is 4.92. The van der Waals surface area contributed by atoms with Crippen molar-refractivity contribution in [1.82, 2.24) is 4.98 Å². The zero-order chi connectivity index (χ0) is 16.8. The van der Waals surface area contributed by atoms with Crippen LogP contribution in [0, 0.1) is 0 Å². The molecule has 0 atom stereocenters. The van der Waals surface area contributed by atoms with Crippen LogP contribution in [0.5, 0.6) is 11.5 Å². The van der Waals surface area contributed by atoms with Crippen LogP contribution in [0.2, 0.25) is 0 Å². The van der Waals surface area contributed by atoms with Crippen molar-refractivity contribution in [1.29, 1.82) is 0 Å². The fourth-order valence-electron chi connectivity index (χ4n) is 2.42. The zero-order valence-corrected chi connectivity index (χ0v) is 13.8. The largest absolute Gasteiger partial charge is 0.497 e. The molecule has 3 aromatic rings. The van der Waals surface area contributed by atoms with Crippen molar-refractivity contribution in [3.05, 3.63) is 78.0 Å². The van der Waals surface area contributed by atoms with E-state index < -0.39 is 0 Å². The van der Waals surface area contributed by atoms with E-state index in [2.05, 4.69) is 35.3 Å². The molecule has 0 N–H and O–H groups in total. The number of methoxy groups -OCH3 is 2. The van der Waals surface area contributed by atoms with Crippen LogP contribution in [0.4, 0.5) is 0 Å². The summed E-state index contributed by atoms with van der Waals surface area (Å²) < 4.78 is 10.6. The van der Waals surface area contributed by atoms with Crippen LogP contribution in [0.3, 0.4) is 0 Å². The van der Waals surface area contributed by atoms with Crippen molar-refractivity contribution in [2.24, 2.45) is 0 Å². The Bertz CT molecular complexity index is 802. The minimum atomic E-state index is 0.777. The van der Waals surface area contributed by atoms with Gasteiger partial charge in [0.1, 0.15) is 11.5 Å². The highest BCUT2D eigenvalue weighted by Gasteiger charge is 2.00. The highest BCUT2D eigenvalue weighted by molar-refractivity contribution is 5.72. The van der Waals surface area contributed by atoms with E-state index in [0.29, 0.717) is 0 Å². The van der Waals surface area contributed by atoms with Crippen LogP contribution in [0.15, 0.2) is 66.9 Å². The van der Waals surface area contributed by atoms with Gasteiger partial charge in [-0.3, -0.25) is 4.98 Å². The van der Waals surface area contributed by atoms with Gasteiger partial charge >= 0.3 is 0 Å². The second kappa shape index (κ2) is 7.47. The van der Waals surface area contributed by atoms with Gasteiger partial charge in [0.25, 0.3) is 0 Å². The van der Waals surface area contributed by atoms with Crippen LogP contribution >= 0.6 is 0 Å². The van der Waals surface area contributed by atoms with Gasteiger partial charge in [0.2, 0.25) is 0 Å². The lowest BCUT2D eigenvalue weighted by atomic mass is 10.1. The van der Waals surface area contributed by atoms with E-state index in [-0.39, 0.29) is 0 Å². The molecule has 1 aromatic heterocycles. The Morgan fingerprint density at radius 2 is 1.42 bits per heavy atom. The van der Waals surface area contributed by atoms with Gasteiger partial charge in [-0.05, 0) is 35.4 Å². The van der Waals surface area contributed by atoms with Gasteiger partial charge in [-0.25, -0.2) is 0 Å². The molecule has 0 radical (unpaired) electrons. The summed E-state index contributed by atoms with van der Waals surface area (Å²) in [6.45, 7) is 0. The Morgan fingerprint density at radius 1 is 0.750 bits per heavy atom. The number of rotatable bonds is 5. The van der Waals surface area contributed by atoms with Gasteiger partial charge in [0.15, 0.2) is 0 Å². The van der Waals surface area contributed by atoms with Crippen LogP contribution < -0.4 is 9.47 Å². The number of benzene rings is 2.